The monoisotopic (exact) mass is 426 g/mol. The van der Waals surface area contributed by atoms with Crippen molar-refractivity contribution in [2.45, 2.75) is 64.8 Å². The van der Waals surface area contributed by atoms with Crippen LogP contribution in [0.5, 0.6) is 5.75 Å². The van der Waals surface area contributed by atoms with Crippen LogP contribution >= 0.6 is 24.8 Å². The summed E-state index contributed by atoms with van der Waals surface area (Å²) < 4.78 is 28.1. The third-order valence-corrected chi connectivity index (χ3v) is 4.92. The lowest BCUT2D eigenvalue weighted by Crippen LogP contribution is -2.47. The zero-order valence-corrected chi connectivity index (χ0v) is 18.7. The Kier molecular flexibility index (Phi) is 9.50. The minimum Gasteiger partial charge on any atom is -0.507 e. The first-order valence-electron chi connectivity index (χ1n) is 9.03. The molecular weight excluding hydrogens is 393 g/mol. The zero-order valence-electron chi connectivity index (χ0n) is 17.1. The van der Waals surface area contributed by atoms with E-state index in [0.717, 1.165) is 11.1 Å². The summed E-state index contributed by atoms with van der Waals surface area (Å²) >= 11 is 0. The number of phenolic OH excluding ortho intramolecular Hbond substituents is 1. The third kappa shape index (κ3) is 6.18. The summed E-state index contributed by atoms with van der Waals surface area (Å²) in [6.07, 6.45) is -2.55. The van der Waals surface area contributed by atoms with Gasteiger partial charge in [0.25, 0.3) is 6.43 Å². The van der Waals surface area contributed by atoms with Crippen LogP contribution in [0, 0.1) is 0 Å². The van der Waals surface area contributed by atoms with Crippen LogP contribution in [0.1, 0.15) is 64.3 Å². The van der Waals surface area contributed by atoms with Gasteiger partial charge in [0.1, 0.15) is 11.8 Å². The molecule has 1 aliphatic heterocycles. The summed E-state index contributed by atoms with van der Waals surface area (Å²) in [5, 5.41) is 14.1. The summed E-state index contributed by atoms with van der Waals surface area (Å²) in [5.41, 5.74) is 1.56. The molecule has 27 heavy (non-hydrogen) atoms. The lowest BCUT2D eigenvalue weighted by atomic mass is 9.78. The first-order valence-corrected chi connectivity index (χ1v) is 9.03. The van der Waals surface area contributed by atoms with Crippen LogP contribution in [-0.4, -0.2) is 42.6 Å². The molecule has 1 aromatic rings. The molecule has 0 aliphatic carbocycles. The van der Waals surface area contributed by atoms with Gasteiger partial charge >= 0.3 is 0 Å². The highest BCUT2D eigenvalue weighted by Crippen LogP contribution is 2.42. The average molecular weight is 427 g/mol. The molecule has 0 bridgehead atoms. The molecule has 1 atom stereocenters. The van der Waals surface area contributed by atoms with Crippen molar-refractivity contribution in [3.63, 3.8) is 0 Å². The second-order valence-corrected chi connectivity index (χ2v) is 9.03. The van der Waals surface area contributed by atoms with Crippen molar-refractivity contribution in [2.75, 3.05) is 26.2 Å². The predicted octanol–water partition coefficient (Wildman–Crippen LogP) is 5.04. The van der Waals surface area contributed by atoms with Crippen molar-refractivity contribution in [3.05, 3.63) is 28.8 Å². The Bertz CT molecular complexity index is 607. The van der Waals surface area contributed by atoms with Crippen LogP contribution in [0.2, 0.25) is 0 Å². The van der Waals surface area contributed by atoms with Crippen molar-refractivity contribution >= 4 is 24.8 Å². The Labute approximate surface area is 174 Å². The smallest absolute Gasteiger partial charge is 0.258 e. The van der Waals surface area contributed by atoms with E-state index in [0.29, 0.717) is 31.7 Å². The fourth-order valence-electron chi connectivity index (χ4n) is 3.34. The van der Waals surface area contributed by atoms with Gasteiger partial charge in [-0.15, -0.1) is 24.8 Å². The van der Waals surface area contributed by atoms with Crippen LogP contribution in [0.3, 0.4) is 0 Å². The van der Waals surface area contributed by atoms with Crippen LogP contribution in [0.15, 0.2) is 12.1 Å². The number of rotatable bonds is 3. The SMILES string of the molecule is CC(C)(C)c1cc([C@@H](C(F)F)N2CCNCC2)c(O)c(C(C)(C)C)c1.Cl.Cl. The average Bonchev–Trinajstić information content (AvgIpc) is 2.47. The molecule has 2 rings (SSSR count). The van der Waals surface area contributed by atoms with E-state index < -0.39 is 12.5 Å². The molecule has 1 saturated heterocycles. The Hall–Kier alpha value is -0.620. The molecule has 158 valence electrons. The fourth-order valence-corrected chi connectivity index (χ4v) is 3.34. The number of halogens is 4. The molecule has 1 aromatic carbocycles. The van der Waals surface area contributed by atoms with Crippen LogP contribution in [-0.2, 0) is 10.8 Å². The Morgan fingerprint density at radius 2 is 1.48 bits per heavy atom. The second kappa shape index (κ2) is 9.73. The van der Waals surface area contributed by atoms with Gasteiger partial charge in [0, 0.05) is 31.7 Å². The van der Waals surface area contributed by atoms with Gasteiger partial charge in [0.2, 0.25) is 0 Å². The summed E-state index contributed by atoms with van der Waals surface area (Å²) in [7, 11) is 0. The number of nitrogens with one attached hydrogen (secondary N) is 1. The maximum Gasteiger partial charge on any atom is 0.258 e. The molecule has 0 spiro atoms. The Balaban J connectivity index is 0.00000338. The molecular formula is C20H34Cl2F2N2O. The highest BCUT2D eigenvalue weighted by molar-refractivity contribution is 5.85. The molecule has 7 heteroatoms. The van der Waals surface area contributed by atoms with E-state index in [9.17, 15) is 13.9 Å². The van der Waals surface area contributed by atoms with Crippen LogP contribution in [0.4, 0.5) is 8.78 Å². The predicted molar refractivity (Wildman–Crippen MR) is 113 cm³/mol. The van der Waals surface area contributed by atoms with E-state index in [1.807, 2.05) is 26.8 Å². The van der Waals surface area contributed by atoms with Gasteiger partial charge < -0.3 is 10.4 Å². The third-order valence-electron chi connectivity index (χ3n) is 4.92. The first-order chi connectivity index (χ1) is 11.4. The van der Waals surface area contributed by atoms with E-state index in [2.05, 4.69) is 26.1 Å². The number of phenols is 1. The number of piperazine rings is 1. The quantitative estimate of drug-likeness (QED) is 0.709. The fraction of sp³-hybridized carbons (Fsp3) is 0.700. The van der Waals surface area contributed by atoms with Gasteiger partial charge in [-0.05, 0) is 28.0 Å². The van der Waals surface area contributed by atoms with Gasteiger partial charge in [0.15, 0.2) is 0 Å². The first kappa shape index (κ1) is 26.4. The number of nitrogens with zero attached hydrogens (tertiary/aromatic N) is 1. The maximum atomic E-state index is 14.0. The van der Waals surface area contributed by atoms with Gasteiger partial charge in [-0.1, -0.05) is 47.6 Å². The summed E-state index contributed by atoms with van der Waals surface area (Å²) in [5.74, 6) is 0.0179. The van der Waals surface area contributed by atoms with E-state index in [4.69, 9.17) is 0 Å². The molecule has 0 radical (unpaired) electrons. The van der Waals surface area contributed by atoms with Crippen molar-refractivity contribution < 1.29 is 13.9 Å². The topological polar surface area (TPSA) is 35.5 Å². The molecule has 0 amide bonds. The van der Waals surface area contributed by atoms with Crippen molar-refractivity contribution in [2.24, 2.45) is 0 Å². The van der Waals surface area contributed by atoms with Crippen LogP contribution in [0.25, 0.3) is 0 Å². The minimum absolute atomic E-state index is 0. The molecule has 1 fully saturated rings. The summed E-state index contributed by atoms with van der Waals surface area (Å²) in [4.78, 5) is 1.79. The van der Waals surface area contributed by atoms with E-state index in [1.54, 1.807) is 11.0 Å². The van der Waals surface area contributed by atoms with E-state index in [1.165, 1.54) is 0 Å². The Morgan fingerprint density at radius 1 is 0.963 bits per heavy atom. The second-order valence-electron chi connectivity index (χ2n) is 9.03. The van der Waals surface area contributed by atoms with E-state index >= 15 is 0 Å². The van der Waals surface area contributed by atoms with Crippen molar-refractivity contribution in [1.82, 2.24) is 10.2 Å². The molecule has 2 N–H and O–H groups in total. The molecule has 0 saturated carbocycles. The number of aromatic hydroxyl groups is 1. The standard InChI is InChI=1S/C20H32F2N2O.2ClH/c1-19(2,3)13-11-14(17(25)15(12-13)20(4,5)6)16(18(21)22)24-9-7-23-8-10-24;;/h11-12,16,18,23,25H,7-10H2,1-6H3;2*1H/t16-;;/m0../s1. The maximum absolute atomic E-state index is 14.0. The molecule has 0 aromatic heterocycles. The highest BCUT2D eigenvalue weighted by Gasteiger charge is 2.35. The van der Waals surface area contributed by atoms with Gasteiger partial charge in [0.05, 0.1) is 0 Å². The van der Waals surface area contributed by atoms with Gasteiger partial charge in [-0.2, -0.15) is 0 Å². The van der Waals surface area contributed by atoms with Crippen LogP contribution < -0.4 is 5.32 Å². The minimum atomic E-state index is -2.55. The number of hydrogen-bond acceptors (Lipinski definition) is 3. The number of alkyl halides is 2. The number of benzene rings is 1. The van der Waals surface area contributed by atoms with Crippen molar-refractivity contribution in [3.8, 4) is 5.75 Å². The Morgan fingerprint density at radius 3 is 1.89 bits per heavy atom. The molecule has 1 heterocycles. The normalized spacial score (nSPS) is 17.2. The molecule has 0 unspecified atom stereocenters. The summed E-state index contributed by atoms with van der Waals surface area (Å²) in [6.45, 7) is 14.7. The highest BCUT2D eigenvalue weighted by atomic mass is 35.5. The van der Waals surface area contributed by atoms with Gasteiger partial charge in [-0.3, -0.25) is 4.90 Å². The lowest BCUT2D eigenvalue weighted by molar-refractivity contribution is 0.0168. The summed E-state index contributed by atoms with van der Waals surface area (Å²) in [6, 6.07) is 2.67. The van der Waals surface area contributed by atoms with Gasteiger partial charge in [-0.25, -0.2) is 8.78 Å². The molecule has 1 aliphatic rings. The van der Waals surface area contributed by atoms with Crippen molar-refractivity contribution in [1.29, 1.82) is 0 Å². The zero-order chi connectivity index (χ0) is 19.0. The lowest BCUT2D eigenvalue weighted by Gasteiger charge is -2.36. The molecule has 3 nitrogen and oxygen atoms in total. The number of hydrogen-bond donors (Lipinski definition) is 2. The largest absolute Gasteiger partial charge is 0.507 e. The van der Waals surface area contributed by atoms with E-state index in [-0.39, 0.29) is 41.4 Å².